The second kappa shape index (κ2) is 6.94. The molecule has 1 aromatic carbocycles. The molecular formula is C19H21ClN6O2. The zero-order valence-electron chi connectivity index (χ0n) is 15.7. The number of carbonyl (C=O) groups is 2. The topological polar surface area (TPSA) is 90.5 Å². The van der Waals surface area contributed by atoms with Gasteiger partial charge in [-0.1, -0.05) is 11.6 Å². The van der Waals surface area contributed by atoms with Crippen LogP contribution in [0.15, 0.2) is 30.6 Å². The Balaban J connectivity index is 1.63. The third-order valence-corrected chi connectivity index (χ3v) is 5.63. The fourth-order valence-electron chi connectivity index (χ4n) is 4.01. The van der Waals surface area contributed by atoms with Gasteiger partial charge in [0, 0.05) is 42.8 Å². The number of carbonyl (C=O) groups excluding carboxylic acids is 2. The molecule has 3 heterocycles. The molecule has 1 atom stereocenters. The first-order valence-corrected chi connectivity index (χ1v) is 9.43. The van der Waals surface area contributed by atoms with Crippen molar-refractivity contribution in [1.82, 2.24) is 20.2 Å². The van der Waals surface area contributed by atoms with Gasteiger partial charge in [0.15, 0.2) is 5.82 Å². The molecule has 1 fully saturated rings. The number of nitrogens with zero attached hydrogens (tertiary/aromatic N) is 4. The third kappa shape index (κ3) is 3.13. The van der Waals surface area contributed by atoms with Crippen LogP contribution in [0.2, 0.25) is 5.02 Å². The van der Waals surface area contributed by atoms with E-state index in [9.17, 15) is 9.59 Å². The van der Waals surface area contributed by atoms with Crippen LogP contribution in [0.25, 0.3) is 0 Å². The quantitative estimate of drug-likeness (QED) is 0.770. The predicted octanol–water partition coefficient (Wildman–Crippen LogP) is 2.77. The van der Waals surface area contributed by atoms with E-state index in [4.69, 9.17) is 11.6 Å². The van der Waals surface area contributed by atoms with Crippen molar-refractivity contribution in [2.75, 3.05) is 36.9 Å². The van der Waals surface area contributed by atoms with Crippen LogP contribution in [0.3, 0.4) is 0 Å². The fraction of sp³-hybridized carbons (Fsp3) is 0.368. The SMILES string of the molecule is CNC(=O)N1CC[C@@]2(C1)CN(C(=O)Nc1cnc(C)cn1)c1ccc(Cl)cc12. The minimum atomic E-state index is -0.330. The second-order valence-electron chi connectivity index (χ2n) is 7.23. The van der Waals surface area contributed by atoms with Crippen molar-refractivity contribution in [2.24, 2.45) is 0 Å². The number of amides is 4. The molecule has 2 N–H and O–H groups in total. The van der Waals surface area contributed by atoms with Crippen LogP contribution >= 0.6 is 11.6 Å². The average Bonchev–Trinajstić information content (AvgIpc) is 3.26. The summed E-state index contributed by atoms with van der Waals surface area (Å²) in [6.07, 6.45) is 3.90. The lowest BCUT2D eigenvalue weighted by Crippen LogP contribution is -2.43. The Kier molecular flexibility index (Phi) is 4.58. The number of aromatic nitrogens is 2. The summed E-state index contributed by atoms with van der Waals surface area (Å²) in [5, 5.41) is 6.09. The standard InChI is InChI=1S/C19H21ClN6O2/c1-12-8-23-16(9-22-12)24-18(28)26-11-19(5-6-25(10-19)17(27)21-2)14-7-13(20)3-4-15(14)26/h3-4,7-9H,5-6,10-11H2,1-2H3,(H,21,27)(H,23,24,28)/t19-/m1/s1. The van der Waals surface area contributed by atoms with Crippen LogP contribution < -0.4 is 15.5 Å². The van der Waals surface area contributed by atoms with Crippen molar-refractivity contribution < 1.29 is 9.59 Å². The van der Waals surface area contributed by atoms with E-state index in [2.05, 4.69) is 20.6 Å². The highest BCUT2D eigenvalue weighted by Crippen LogP contribution is 2.47. The molecule has 0 saturated carbocycles. The summed E-state index contributed by atoms with van der Waals surface area (Å²) in [5.41, 5.74) is 2.25. The monoisotopic (exact) mass is 400 g/mol. The highest BCUT2D eigenvalue weighted by Gasteiger charge is 2.49. The van der Waals surface area contributed by atoms with E-state index in [0.29, 0.717) is 30.5 Å². The van der Waals surface area contributed by atoms with Crippen LogP contribution in [0.4, 0.5) is 21.1 Å². The number of hydrogen-bond donors (Lipinski definition) is 2. The molecular weight excluding hydrogens is 380 g/mol. The van der Waals surface area contributed by atoms with Crippen LogP contribution in [0.5, 0.6) is 0 Å². The minimum Gasteiger partial charge on any atom is -0.341 e. The summed E-state index contributed by atoms with van der Waals surface area (Å²) in [7, 11) is 1.62. The Morgan fingerprint density at radius 2 is 2.00 bits per heavy atom. The van der Waals surface area contributed by atoms with Crippen LogP contribution in [0.1, 0.15) is 17.7 Å². The zero-order valence-corrected chi connectivity index (χ0v) is 16.5. The van der Waals surface area contributed by atoms with Gasteiger partial charge in [-0.2, -0.15) is 0 Å². The highest BCUT2D eigenvalue weighted by atomic mass is 35.5. The lowest BCUT2D eigenvalue weighted by atomic mass is 9.81. The Hall–Kier alpha value is -2.87. The molecule has 4 amide bonds. The largest absolute Gasteiger partial charge is 0.341 e. The van der Waals surface area contributed by atoms with Crippen molar-refractivity contribution >= 4 is 35.2 Å². The lowest BCUT2D eigenvalue weighted by Gasteiger charge is -2.25. The van der Waals surface area contributed by atoms with Crippen molar-refractivity contribution in [1.29, 1.82) is 0 Å². The molecule has 1 spiro atoms. The van der Waals surface area contributed by atoms with E-state index >= 15 is 0 Å². The van der Waals surface area contributed by atoms with Gasteiger partial charge in [0.25, 0.3) is 0 Å². The molecule has 4 rings (SSSR count). The smallest absolute Gasteiger partial charge is 0.327 e. The van der Waals surface area contributed by atoms with Gasteiger partial charge >= 0.3 is 12.1 Å². The van der Waals surface area contributed by atoms with E-state index in [1.54, 1.807) is 29.1 Å². The number of urea groups is 2. The highest BCUT2D eigenvalue weighted by molar-refractivity contribution is 6.30. The molecule has 2 aliphatic rings. The fourth-order valence-corrected chi connectivity index (χ4v) is 4.18. The summed E-state index contributed by atoms with van der Waals surface area (Å²) >= 11 is 6.25. The maximum absolute atomic E-state index is 13.0. The van der Waals surface area contributed by atoms with E-state index in [1.807, 2.05) is 19.1 Å². The number of anilines is 2. The minimum absolute atomic E-state index is 0.113. The Morgan fingerprint density at radius 1 is 1.18 bits per heavy atom. The number of fused-ring (bicyclic) bond motifs is 2. The maximum Gasteiger partial charge on any atom is 0.327 e. The number of hydrogen-bond acceptors (Lipinski definition) is 4. The lowest BCUT2D eigenvalue weighted by molar-refractivity contribution is 0.208. The van der Waals surface area contributed by atoms with E-state index < -0.39 is 0 Å². The van der Waals surface area contributed by atoms with Gasteiger partial charge in [-0.25, -0.2) is 14.6 Å². The first-order chi connectivity index (χ1) is 13.4. The summed E-state index contributed by atoms with van der Waals surface area (Å²) in [4.78, 5) is 36.9. The number of rotatable bonds is 1. The molecule has 0 radical (unpaired) electrons. The van der Waals surface area contributed by atoms with E-state index in [0.717, 1.165) is 23.4 Å². The molecule has 28 heavy (non-hydrogen) atoms. The maximum atomic E-state index is 13.0. The number of halogens is 1. The molecule has 146 valence electrons. The molecule has 9 heteroatoms. The van der Waals surface area contributed by atoms with Gasteiger partial charge in [0.1, 0.15) is 0 Å². The van der Waals surface area contributed by atoms with Gasteiger partial charge in [-0.15, -0.1) is 0 Å². The average molecular weight is 401 g/mol. The Labute approximate surface area is 167 Å². The van der Waals surface area contributed by atoms with Crippen molar-refractivity contribution in [3.05, 3.63) is 46.9 Å². The summed E-state index contributed by atoms with van der Waals surface area (Å²) in [6, 6.07) is 5.14. The summed E-state index contributed by atoms with van der Waals surface area (Å²) in [6.45, 7) is 3.47. The number of likely N-dealkylation sites (tertiary alicyclic amines) is 1. The van der Waals surface area contributed by atoms with Gasteiger partial charge < -0.3 is 10.2 Å². The molecule has 0 unspecified atom stereocenters. The van der Waals surface area contributed by atoms with Crippen LogP contribution in [-0.2, 0) is 5.41 Å². The molecule has 1 saturated heterocycles. The zero-order chi connectivity index (χ0) is 19.9. The Morgan fingerprint density at radius 3 is 2.71 bits per heavy atom. The molecule has 2 aromatic rings. The number of aryl methyl sites for hydroxylation is 1. The Bertz CT molecular complexity index is 935. The second-order valence-corrected chi connectivity index (χ2v) is 7.66. The predicted molar refractivity (Wildman–Crippen MR) is 107 cm³/mol. The molecule has 1 aromatic heterocycles. The number of nitrogens with one attached hydrogen (secondary N) is 2. The van der Waals surface area contributed by atoms with Crippen molar-refractivity contribution in [2.45, 2.75) is 18.8 Å². The third-order valence-electron chi connectivity index (χ3n) is 5.40. The van der Waals surface area contributed by atoms with Gasteiger partial charge in [0.05, 0.1) is 18.1 Å². The normalized spacial score (nSPS) is 20.4. The van der Waals surface area contributed by atoms with Gasteiger partial charge in [0.2, 0.25) is 0 Å². The number of benzene rings is 1. The van der Waals surface area contributed by atoms with Crippen molar-refractivity contribution in [3.8, 4) is 0 Å². The van der Waals surface area contributed by atoms with E-state index in [1.165, 1.54) is 6.20 Å². The molecule has 0 bridgehead atoms. The molecule has 0 aliphatic carbocycles. The molecule has 8 nitrogen and oxygen atoms in total. The van der Waals surface area contributed by atoms with Crippen LogP contribution in [-0.4, -0.2) is 53.6 Å². The van der Waals surface area contributed by atoms with Gasteiger partial charge in [-0.05, 0) is 37.1 Å². The molecule has 2 aliphatic heterocycles. The summed E-state index contributed by atoms with van der Waals surface area (Å²) in [5.74, 6) is 0.394. The van der Waals surface area contributed by atoms with Crippen molar-refractivity contribution in [3.63, 3.8) is 0 Å². The van der Waals surface area contributed by atoms with Gasteiger partial charge in [-0.3, -0.25) is 15.2 Å². The first-order valence-electron chi connectivity index (χ1n) is 9.06. The van der Waals surface area contributed by atoms with E-state index in [-0.39, 0.29) is 17.5 Å². The van der Waals surface area contributed by atoms with Crippen LogP contribution in [0, 0.1) is 6.92 Å². The summed E-state index contributed by atoms with van der Waals surface area (Å²) < 4.78 is 0. The first kappa shape index (κ1) is 18.5.